The summed E-state index contributed by atoms with van der Waals surface area (Å²) in [6.07, 6.45) is 3.29. The third-order valence-corrected chi connectivity index (χ3v) is 5.44. The number of carbonyl (C=O) groups excluding carboxylic acids is 2. The summed E-state index contributed by atoms with van der Waals surface area (Å²) in [5.74, 6) is -0.811. The summed E-state index contributed by atoms with van der Waals surface area (Å²) in [5.41, 5.74) is 8.56. The van der Waals surface area contributed by atoms with Gasteiger partial charge in [0.25, 0.3) is 11.5 Å². The van der Waals surface area contributed by atoms with Gasteiger partial charge >= 0.3 is 0 Å². The van der Waals surface area contributed by atoms with Crippen molar-refractivity contribution in [1.29, 1.82) is 0 Å². The van der Waals surface area contributed by atoms with Crippen molar-refractivity contribution in [2.45, 2.75) is 13.1 Å². The second-order valence-corrected chi connectivity index (χ2v) is 8.28. The summed E-state index contributed by atoms with van der Waals surface area (Å²) >= 11 is 5.83. The number of nitrogens with one attached hydrogen (secondary N) is 2. The van der Waals surface area contributed by atoms with Gasteiger partial charge in [-0.15, -0.1) is 0 Å². The Labute approximate surface area is 206 Å². The predicted octanol–water partition coefficient (Wildman–Crippen LogP) is 2.75. The molecule has 0 saturated carbocycles. The number of pyridine rings is 1. The molecule has 9 nitrogen and oxygen atoms in total. The van der Waals surface area contributed by atoms with Crippen molar-refractivity contribution in [2.24, 2.45) is 0 Å². The minimum absolute atomic E-state index is 0.0585. The molecule has 0 unspecified atom stereocenters. The molecule has 0 saturated heterocycles. The second-order valence-electron chi connectivity index (χ2n) is 7.85. The van der Waals surface area contributed by atoms with E-state index in [9.17, 15) is 14.4 Å². The van der Waals surface area contributed by atoms with Gasteiger partial charge in [0.1, 0.15) is 5.56 Å². The van der Waals surface area contributed by atoms with E-state index in [2.05, 4.69) is 15.7 Å². The van der Waals surface area contributed by atoms with Gasteiger partial charge in [0.2, 0.25) is 5.91 Å². The third-order valence-electron chi connectivity index (χ3n) is 5.19. The van der Waals surface area contributed by atoms with Crippen LogP contribution in [0.3, 0.4) is 0 Å². The molecule has 0 aliphatic carbocycles. The molecule has 0 spiro atoms. The smallest absolute Gasteiger partial charge is 0.257 e. The molecule has 10 heteroatoms. The molecule has 0 atom stereocenters. The molecule has 2 aromatic heterocycles. The van der Waals surface area contributed by atoms with E-state index >= 15 is 0 Å². The summed E-state index contributed by atoms with van der Waals surface area (Å²) in [6.45, 7) is 0.655. The van der Waals surface area contributed by atoms with Gasteiger partial charge < -0.3 is 20.9 Å². The number of nitrogens with zero attached hydrogens (tertiary/aromatic N) is 3. The molecule has 2 aromatic carbocycles. The van der Waals surface area contributed by atoms with Crippen molar-refractivity contribution in [3.05, 3.63) is 111 Å². The number of hydrogen-bond donors (Lipinski definition) is 3. The fourth-order valence-electron chi connectivity index (χ4n) is 3.41. The highest BCUT2D eigenvalue weighted by molar-refractivity contribution is 6.30. The van der Waals surface area contributed by atoms with Crippen LogP contribution in [-0.2, 0) is 17.9 Å². The maximum Gasteiger partial charge on any atom is 0.257 e. The Morgan fingerprint density at radius 1 is 0.943 bits per heavy atom. The topological polar surface area (TPSA) is 124 Å². The summed E-state index contributed by atoms with van der Waals surface area (Å²) in [5, 5.41) is 9.98. The fourth-order valence-corrected chi connectivity index (χ4v) is 3.54. The fraction of sp³-hybridized carbons (Fsp3) is 0.120. The lowest BCUT2D eigenvalue weighted by Crippen LogP contribution is -2.33. The Balaban J connectivity index is 1.32. The van der Waals surface area contributed by atoms with Gasteiger partial charge in [0.05, 0.1) is 19.6 Å². The van der Waals surface area contributed by atoms with E-state index in [1.807, 2.05) is 30.3 Å². The van der Waals surface area contributed by atoms with Crippen LogP contribution in [0.4, 0.5) is 11.5 Å². The molecular weight excluding hydrogens is 468 g/mol. The zero-order chi connectivity index (χ0) is 24.8. The largest absolute Gasteiger partial charge is 0.382 e. The number of benzene rings is 2. The first-order valence-corrected chi connectivity index (χ1v) is 11.1. The number of halogens is 1. The van der Waals surface area contributed by atoms with Crippen LogP contribution >= 0.6 is 11.6 Å². The molecule has 35 heavy (non-hydrogen) atoms. The lowest BCUT2D eigenvalue weighted by Gasteiger charge is -2.07. The standard InChI is InChI=1S/C25H23ClN6O3/c26-19-8-10-20(11-9-19)29-22(33)13-28-25(35)21-16-32(30-24(21)27)15-18-6-4-17(5-7-18)14-31-12-2-1-3-23(31)34/h1-12,16H,13-15H2,(H2,27,30)(H,28,35)(H,29,33). The molecule has 4 rings (SSSR count). The van der Waals surface area contributed by atoms with Gasteiger partial charge in [-0.2, -0.15) is 5.10 Å². The van der Waals surface area contributed by atoms with Gasteiger partial charge in [-0.25, -0.2) is 0 Å². The zero-order valence-electron chi connectivity index (χ0n) is 18.6. The summed E-state index contributed by atoms with van der Waals surface area (Å²) < 4.78 is 3.19. The Morgan fingerprint density at radius 3 is 2.31 bits per heavy atom. The quantitative estimate of drug-likeness (QED) is 0.350. The average Bonchev–Trinajstić information content (AvgIpc) is 3.21. The van der Waals surface area contributed by atoms with Crippen LogP contribution < -0.4 is 21.9 Å². The molecule has 4 aromatic rings. The SMILES string of the molecule is Nc1nn(Cc2ccc(Cn3ccccc3=O)cc2)cc1C(=O)NCC(=O)Nc1ccc(Cl)cc1. The van der Waals surface area contributed by atoms with Crippen molar-refractivity contribution in [1.82, 2.24) is 19.7 Å². The number of hydrogen-bond acceptors (Lipinski definition) is 5. The first-order chi connectivity index (χ1) is 16.9. The first-order valence-electron chi connectivity index (χ1n) is 10.8. The third kappa shape index (κ3) is 6.36. The van der Waals surface area contributed by atoms with Gasteiger partial charge in [-0.1, -0.05) is 41.9 Å². The van der Waals surface area contributed by atoms with Crippen LogP contribution in [0.15, 0.2) is 83.9 Å². The summed E-state index contributed by atoms with van der Waals surface area (Å²) in [7, 11) is 0. The maximum atomic E-state index is 12.5. The molecule has 4 N–H and O–H groups in total. The van der Waals surface area contributed by atoms with E-state index in [0.29, 0.717) is 23.8 Å². The highest BCUT2D eigenvalue weighted by Gasteiger charge is 2.15. The number of nitrogen functional groups attached to an aromatic ring is 1. The van der Waals surface area contributed by atoms with Crippen LogP contribution in [-0.4, -0.2) is 32.7 Å². The van der Waals surface area contributed by atoms with Crippen molar-refractivity contribution < 1.29 is 9.59 Å². The lowest BCUT2D eigenvalue weighted by atomic mass is 10.1. The normalized spacial score (nSPS) is 10.7. The summed E-state index contributed by atoms with van der Waals surface area (Å²) in [6, 6.07) is 19.4. The number of aromatic nitrogens is 3. The highest BCUT2D eigenvalue weighted by atomic mass is 35.5. The zero-order valence-corrected chi connectivity index (χ0v) is 19.4. The second kappa shape index (κ2) is 10.7. The minimum Gasteiger partial charge on any atom is -0.382 e. The van der Waals surface area contributed by atoms with E-state index < -0.39 is 5.91 Å². The number of nitrogens with two attached hydrogens (primary N) is 1. The Hall–Kier alpha value is -4.37. The van der Waals surface area contributed by atoms with Gasteiger partial charge in [0, 0.05) is 29.2 Å². The highest BCUT2D eigenvalue weighted by Crippen LogP contribution is 2.14. The number of anilines is 2. The van der Waals surface area contributed by atoms with Gasteiger partial charge in [-0.3, -0.25) is 19.1 Å². The minimum atomic E-state index is -0.497. The molecule has 0 fully saturated rings. The molecule has 2 amide bonds. The monoisotopic (exact) mass is 490 g/mol. The van der Waals surface area contributed by atoms with Crippen molar-refractivity contribution in [2.75, 3.05) is 17.6 Å². The van der Waals surface area contributed by atoms with E-state index in [1.54, 1.807) is 52.0 Å². The van der Waals surface area contributed by atoms with Crippen LogP contribution in [0.25, 0.3) is 0 Å². The van der Waals surface area contributed by atoms with Crippen molar-refractivity contribution >= 4 is 34.9 Å². The van der Waals surface area contributed by atoms with Crippen LogP contribution in [0.2, 0.25) is 5.02 Å². The Bertz CT molecular complexity index is 1390. The van der Waals surface area contributed by atoms with Gasteiger partial charge in [-0.05, 0) is 41.5 Å². The molecular formula is C25H23ClN6O3. The predicted molar refractivity (Wildman–Crippen MR) is 134 cm³/mol. The molecule has 0 aliphatic heterocycles. The Kier molecular flexibility index (Phi) is 7.27. The van der Waals surface area contributed by atoms with Gasteiger partial charge in [0.15, 0.2) is 5.82 Å². The molecule has 178 valence electrons. The number of rotatable bonds is 8. The molecule has 2 heterocycles. The van der Waals surface area contributed by atoms with E-state index in [4.69, 9.17) is 17.3 Å². The van der Waals surface area contributed by atoms with Crippen LogP contribution in [0, 0.1) is 0 Å². The Morgan fingerprint density at radius 2 is 1.63 bits per heavy atom. The number of amides is 2. The van der Waals surface area contributed by atoms with E-state index in [1.165, 1.54) is 6.07 Å². The molecule has 0 radical (unpaired) electrons. The van der Waals surface area contributed by atoms with Crippen LogP contribution in [0.1, 0.15) is 21.5 Å². The number of carbonyl (C=O) groups is 2. The van der Waals surface area contributed by atoms with E-state index in [-0.39, 0.29) is 29.4 Å². The van der Waals surface area contributed by atoms with E-state index in [0.717, 1.165) is 11.1 Å². The average molecular weight is 491 g/mol. The molecule has 0 aliphatic rings. The lowest BCUT2D eigenvalue weighted by molar-refractivity contribution is -0.115. The van der Waals surface area contributed by atoms with Crippen molar-refractivity contribution in [3.8, 4) is 0 Å². The summed E-state index contributed by atoms with van der Waals surface area (Å²) in [4.78, 5) is 36.5. The van der Waals surface area contributed by atoms with Crippen LogP contribution in [0.5, 0.6) is 0 Å². The van der Waals surface area contributed by atoms with Crippen molar-refractivity contribution in [3.63, 3.8) is 0 Å². The maximum absolute atomic E-state index is 12.5. The first kappa shape index (κ1) is 23.8. The molecule has 0 bridgehead atoms.